The first-order valence-corrected chi connectivity index (χ1v) is 6.40. The summed E-state index contributed by atoms with van der Waals surface area (Å²) in [6, 6.07) is 0.480. The minimum atomic E-state index is -0.987. The molecule has 1 aliphatic heterocycles. The molecule has 2 heterocycles. The molecule has 1 aliphatic rings. The predicted molar refractivity (Wildman–Crippen MR) is 70.2 cm³/mol. The smallest absolute Gasteiger partial charge is 0.326 e. The number of amides is 1. The fourth-order valence-electron chi connectivity index (χ4n) is 2.23. The third-order valence-corrected chi connectivity index (χ3v) is 3.22. The number of carbonyl (C=O) groups is 2. The number of likely N-dealkylation sites (tertiary alicyclic amines) is 1. The van der Waals surface area contributed by atoms with Gasteiger partial charge in [0.1, 0.15) is 11.9 Å². The topological polar surface area (TPSA) is 70.5 Å². The van der Waals surface area contributed by atoms with Crippen molar-refractivity contribution in [3.63, 3.8) is 0 Å². The molecule has 0 radical (unpaired) electrons. The van der Waals surface area contributed by atoms with Gasteiger partial charge in [-0.1, -0.05) is 0 Å². The number of halogens is 1. The Bertz CT molecular complexity index is 545. The van der Waals surface area contributed by atoms with E-state index in [1.807, 2.05) is 0 Å². The highest BCUT2D eigenvalue weighted by molar-refractivity contribution is 5.94. The molecule has 1 aromatic heterocycles. The van der Waals surface area contributed by atoms with E-state index in [9.17, 15) is 14.0 Å². The van der Waals surface area contributed by atoms with Crippen molar-refractivity contribution in [1.82, 2.24) is 9.88 Å². The Morgan fingerprint density at radius 3 is 2.90 bits per heavy atom. The van der Waals surface area contributed by atoms with Gasteiger partial charge >= 0.3 is 5.97 Å². The van der Waals surface area contributed by atoms with Crippen LogP contribution in [0.5, 0.6) is 0 Å². The van der Waals surface area contributed by atoms with Gasteiger partial charge in [-0.2, -0.15) is 0 Å². The highest BCUT2D eigenvalue weighted by Gasteiger charge is 2.30. The number of aliphatic carboxylic acids is 1. The number of pyridine rings is 1. The van der Waals surface area contributed by atoms with Crippen molar-refractivity contribution >= 4 is 18.0 Å². The minimum absolute atomic E-state index is 0.374. The van der Waals surface area contributed by atoms with E-state index in [2.05, 4.69) is 4.98 Å². The minimum Gasteiger partial charge on any atom is -0.480 e. The van der Waals surface area contributed by atoms with Crippen LogP contribution in [0.1, 0.15) is 24.8 Å². The van der Waals surface area contributed by atoms with Crippen molar-refractivity contribution in [2.75, 3.05) is 6.54 Å². The van der Waals surface area contributed by atoms with E-state index in [-0.39, 0.29) is 5.91 Å². The lowest BCUT2D eigenvalue weighted by atomic mass is 10.0. The lowest BCUT2D eigenvalue weighted by molar-refractivity contribution is -0.150. The zero-order valence-corrected chi connectivity index (χ0v) is 10.8. The molecule has 1 aromatic rings. The molecule has 20 heavy (non-hydrogen) atoms. The summed E-state index contributed by atoms with van der Waals surface area (Å²) in [4.78, 5) is 28.2. The first-order chi connectivity index (χ1) is 9.58. The average molecular weight is 278 g/mol. The SMILES string of the molecule is O=C(O)C1CCCCN1C(=O)C=Cc1cncc(F)c1. The summed E-state index contributed by atoms with van der Waals surface area (Å²) in [5.74, 6) is -1.85. The molecule has 1 N–H and O–H groups in total. The van der Waals surface area contributed by atoms with Gasteiger partial charge in [0, 0.05) is 18.8 Å². The van der Waals surface area contributed by atoms with E-state index in [1.165, 1.54) is 29.3 Å². The van der Waals surface area contributed by atoms with Crippen molar-refractivity contribution < 1.29 is 19.1 Å². The van der Waals surface area contributed by atoms with Gasteiger partial charge in [-0.3, -0.25) is 9.78 Å². The van der Waals surface area contributed by atoms with E-state index < -0.39 is 17.8 Å². The highest BCUT2D eigenvalue weighted by Crippen LogP contribution is 2.18. The summed E-state index contributed by atoms with van der Waals surface area (Å²) in [7, 11) is 0. The first-order valence-electron chi connectivity index (χ1n) is 6.40. The monoisotopic (exact) mass is 278 g/mol. The number of carbonyl (C=O) groups excluding carboxylic acids is 1. The normalized spacial score (nSPS) is 19.2. The standard InChI is InChI=1S/C14H15FN2O3/c15-11-7-10(8-16-9-11)4-5-13(18)17-6-2-1-3-12(17)14(19)20/h4-5,7-9,12H,1-3,6H2,(H,19,20). The lowest BCUT2D eigenvalue weighted by Gasteiger charge is -2.32. The molecule has 0 spiro atoms. The summed E-state index contributed by atoms with van der Waals surface area (Å²) < 4.78 is 12.9. The van der Waals surface area contributed by atoms with Crippen molar-refractivity contribution in [2.24, 2.45) is 0 Å². The fourth-order valence-corrected chi connectivity index (χ4v) is 2.23. The second-order valence-corrected chi connectivity index (χ2v) is 4.65. The summed E-state index contributed by atoms with van der Waals surface area (Å²) in [6.45, 7) is 0.432. The number of hydrogen-bond acceptors (Lipinski definition) is 3. The van der Waals surface area contributed by atoms with Crippen LogP contribution in [-0.2, 0) is 9.59 Å². The van der Waals surface area contributed by atoms with Crippen LogP contribution in [0.15, 0.2) is 24.5 Å². The number of aromatic nitrogens is 1. The van der Waals surface area contributed by atoms with Crippen molar-refractivity contribution in [2.45, 2.75) is 25.3 Å². The van der Waals surface area contributed by atoms with Crippen LogP contribution in [0, 0.1) is 5.82 Å². The summed E-state index contributed by atoms with van der Waals surface area (Å²) in [6.07, 6.45) is 7.27. The predicted octanol–water partition coefficient (Wildman–Crippen LogP) is 1.70. The van der Waals surface area contributed by atoms with Gasteiger partial charge in [0.25, 0.3) is 0 Å². The second kappa shape index (κ2) is 6.27. The van der Waals surface area contributed by atoms with Gasteiger partial charge in [0.2, 0.25) is 5.91 Å². The number of piperidine rings is 1. The lowest BCUT2D eigenvalue weighted by Crippen LogP contribution is -2.47. The van der Waals surface area contributed by atoms with Gasteiger partial charge in [-0.05, 0) is 37.0 Å². The Kier molecular flexibility index (Phi) is 4.45. The molecule has 1 amide bonds. The Labute approximate surface area is 115 Å². The third kappa shape index (κ3) is 3.40. The molecular weight excluding hydrogens is 263 g/mol. The summed E-state index contributed by atoms with van der Waals surface area (Å²) in [5.41, 5.74) is 0.460. The van der Waals surface area contributed by atoms with Gasteiger partial charge in [-0.15, -0.1) is 0 Å². The van der Waals surface area contributed by atoms with E-state index in [0.29, 0.717) is 18.5 Å². The molecule has 0 saturated carbocycles. The molecule has 1 fully saturated rings. The number of carboxylic acid groups (broad SMARTS) is 1. The van der Waals surface area contributed by atoms with Crippen LogP contribution in [0.4, 0.5) is 4.39 Å². The third-order valence-electron chi connectivity index (χ3n) is 3.22. The Morgan fingerprint density at radius 2 is 2.20 bits per heavy atom. The summed E-state index contributed by atoms with van der Waals surface area (Å²) in [5, 5.41) is 9.10. The second-order valence-electron chi connectivity index (χ2n) is 4.65. The molecule has 106 valence electrons. The Morgan fingerprint density at radius 1 is 1.40 bits per heavy atom. The van der Waals surface area contributed by atoms with Crippen molar-refractivity contribution in [3.8, 4) is 0 Å². The molecule has 1 saturated heterocycles. The molecule has 6 heteroatoms. The largest absolute Gasteiger partial charge is 0.480 e. The molecule has 0 aromatic carbocycles. The van der Waals surface area contributed by atoms with Gasteiger partial charge in [-0.25, -0.2) is 9.18 Å². The van der Waals surface area contributed by atoms with E-state index in [0.717, 1.165) is 19.0 Å². The van der Waals surface area contributed by atoms with E-state index in [4.69, 9.17) is 5.11 Å². The molecule has 5 nitrogen and oxygen atoms in total. The maximum absolute atomic E-state index is 12.9. The highest BCUT2D eigenvalue weighted by atomic mass is 19.1. The Hall–Kier alpha value is -2.24. The number of carboxylic acids is 1. The number of nitrogens with zero attached hydrogens (tertiary/aromatic N) is 2. The van der Waals surface area contributed by atoms with Crippen LogP contribution >= 0.6 is 0 Å². The maximum atomic E-state index is 12.9. The van der Waals surface area contributed by atoms with Crippen LogP contribution in [0.2, 0.25) is 0 Å². The van der Waals surface area contributed by atoms with Gasteiger partial charge in [0.15, 0.2) is 0 Å². The summed E-state index contributed by atoms with van der Waals surface area (Å²) >= 11 is 0. The number of rotatable bonds is 3. The van der Waals surface area contributed by atoms with Crippen molar-refractivity contribution in [3.05, 3.63) is 35.9 Å². The average Bonchev–Trinajstić information content (AvgIpc) is 2.45. The molecular formula is C14H15FN2O3. The molecule has 1 atom stereocenters. The maximum Gasteiger partial charge on any atom is 0.326 e. The zero-order valence-electron chi connectivity index (χ0n) is 10.8. The molecule has 2 rings (SSSR count). The first kappa shape index (κ1) is 14.2. The van der Waals surface area contributed by atoms with Crippen LogP contribution in [0.25, 0.3) is 6.08 Å². The van der Waals surface area contributed by atoms with Crippen LogP contribution < -0.4 is 0 Å². The van der Waals surface area contributed by atoms with Crippen molar-refractivity contribution in [1.29, 1.82) is 0 Å². The van der Waals surface area contributed by atoms with Gasteiger partial charge in [0.05, 0.1) is 6.20 Å². The molecule has 1 unspecified atom stereocenters. The molecule has 0 aliphatic carbocycles. The fraction of sp³-hybridized carbons (Fsp3) is 0.357. The zero-order chi connectivity index (χ0) is 14.5. The van der Waals surface area contributed by atoms with E-state index in [1.54, 1.807) is 0 Å². The van der Waals surface area contributed by atoms with E-state index >= 15 is 0 Å². The van der Waals surface area contributed by atoms with Gasteiger partial charge < -0.3 is 10.0 Å². The molecule has 0 bridgehead atoms. The Balaban J connectivity index is 2.08. The van der Waals surface area contributed by atoms with Crippen LogP contribution in [-0.4, -0.2) is 39.5 Å². The number of hydrogen-bond donors (Lipinski definition) is 1. The quantitative estimate of drug-likeness (QED) is 0.854. The van der Waals surface area contributed by atoms with Crippen LogP contribution in [0.3, 0.4) is 0 Å².